The number of imidazole rings is 1. The molecule has 0 saturated carbocycles. The highest BCUT2D eigenvalue weighted by Crippen LogP contribution is 2.39. The number of nitrogens with zero attached hydrogens (tertiary/aromatic N) is 3. The Kier molecular flexibility index (Phi) is 3.86. The molecule has 1 unspecified atom stereocenters. The first-order valence-electron chi connectivity index (χ1n) is 8.02. The number of carbonyl (C=O) groups is 1. The van der Waals surface area contributed by atoms with Crippen molar-refractivity contribution < 1.29 is 27.3 Å². The fourth-order valence-corrected chi connectivity index (χ4v) is 4.04. The molecule has 4 rings (SSSR count). The highest BCUT2D eigenvalue weighted by Gasteiger charge is 2.59. The second kappa shape index (κ2) is 5.94. The van der Waals surface area contributed by atoms with E-state index in [2.05, 4.69) is 9.29 Å². The van der Waals surface area contributed by atoms with E-state index in [4.69, 9.17) is 4.74 Å². The summed E-state index contributed by atoms with van der Waals surface area (Å²) in [7, 11) is 2.00. The standard InChI is InChI=1S/C16H19N4O4S/c1-18-7-8-19-14(18)10-20(11-15(21)24-16(19)20)9-6-12-2-4-13(5-3-12)17-25(22)23/h2-5,7-8,16-17H,6,9-11H2,1H3/q+1/t16-,20+/m0/s1. The van der Waals surface area contributed by atoms with Gasteiger partial charge in [-0.1, -0.05) is 12.1 Å². The smallest absolute Gasteiger partial charge is 0.391 e. The molecule has 3 atom stereocenters. The van der Waals surface area contributed by atoms with E-state index in [1.165, 1.54) is 0 Å². The van der Waals surface area contributed by atoms with Crippen LogP contribution < -0.4 is 9.29 Å². The van der Waals surface area contributed by atoms with Crippen molar-refractivity contribution in [1.29, 1.82) is 0 Å². The molecular weight excluding hydrogens is 344 g/mol. The van der Waals surface area contributed by atoms with Gasteiger partial charge >= 0.3 is 18.1 Å². The first-order valence-corrected chi connectivity index (χ1v) is 9.10. The number of hydrogen-bond acceptors (Lipinski definition) is 4. The average Bonchev–Trinajstić information content (AvgIpc) is 3.15. The van der Waals surface area contributed by atoms with E-state index in [-0.39, 0.29) is 12.3 Å². The van der Waals surface area contributed by atoms with Crippen LogP contribution in [0.1, 0.15) is 17.7 Å². The normalized spacial score (nSPS) is 25.4. The van der Waals surface area contributed by atoms with E-state index in [0.717, 1.165) is 30.9 Å². The molecule has 3 heterocycles. The molecule has 2 aliphatic heterocycles. The van der Waals surface area contributed by atoms with Gasteiger partial charge in [-0.25, -0.2) is 13.8 Å². The summed E-state index contributed by atoms with van der Waals surface area (Å²) < 4.78 is 33.9. The Balaban J connectivity index is 1.50. The van der Waals surface area contributed by atoms with Crippen LogP contribution in [-0.2, 0) is 40.8 Å². The van der Waals surface area contributed by atoms with Gasteiger partial charge in [0, 0.05) is 23.4 Å². The largest absolute Gasteiger partial charge is 0.755 e. The first-order chi connectivity index (χ1) is 12.0. The van der Waals surface area contributed by atoms with Crippen molar-refractivity contribution in [3.8, 4) is 0 Å². The number of carbonyl (C=O) groups excluding carboxylic acids is 1. The Bertz CT molecular complexity index is 850. The number of rotatable bonds is 5. The molecule has 1 aromatic heterocycles. The third-order valence-corrected chi connectivity index (χ3v) is 5.40. The molecule has 0 amide bonds. The molecule has 2 aliphatic rings. The third kappa shape index (κ3) is 2.84. The van der Waals surface area contributed by atoms with Crippen molar-refractivity contribution in [3.63, 3.8) is 0 Å². The predicted molar refractivity (Wildman–Crippen MR) is 87.1 cm³/mol. The Morgan fingerprint density at radius 1 is 1.40 bits per heavy atom. The molecular formula is C16H19N4O4S+. The summed E-state index contributed by atoms with van der Waals surface area (Å²) in [4.78, 5) is 11.9. The van der Waals surface area contributed by atoms with E-state index in [1.54, 1.807) is 12.1 Å². The molecule has 0 aliphatic carbocycles. The molecule has 1 fully saturated rings. The Morgan fingerprint density at radius 2 is 2.16 bits per heavy atom. The summed E-state index contributed by atoms with van der Waals surface area (Å²) in [6.45, 7) is 1.91. The molecule has 0 radical (unpaired) electrons. The molecule has 2 aromatic rings. The number of ether oxygens (including phenoxy) is 1. The van der Waals surface area contributed by atoms with Gasteiger partial charge in [0.2, 0.25) is 0 Å². The number of nitrogens with one attached hydrogen (secondary N) is 1. The van der Waals surface area contributed by atoms with Gasteiger partial charge in [0.1, 0.15) is 12.4 Å². The number of aryl methyl sites for hydroxylation is 1. The van der Waals surface area contributed by atoms with Gasteiger partial charge < -0.3 is 14.0 Å². The van der Waals surface area contributed by atoms with Crippen molar-refractivity contribution >= 4 is 22.9 Å². The SMILES string of the molecule is C[n+]1ccn2c1C[N@+]1(CCc3ccc(NS(=O)[O-])cc3)CC(=O)O[C@@H]21. The Hall–Kier alpha value is -2.23. The Morgan fingerprint density at radius 3 is 2.88 bits per heavy atom. The number of aromatic nitrogens is 2. The minimum atomic E-state index is -2.32. The highest BCUT2D eigenvalue weighted by molar-refractivity contribution is 7.80. The lowest BCUT2D eigenvalue weighted by Gasteiger charge is -2.27. The van der Waals surface area contributed by atoms with Gasteiger partial charge in [0.15, 0.2) is 13.1 Å². The van der Waals surface area contributed by atoms with E-state index >= 15 is 0 Å². The summed E-state index contributed by atoms with van der Waals surface area (Å²) in [5.74, 6) is 0.986. The fraction of sp³-hybridized carbons (Fsp3) is 0.375. The summed E-state index contributed by atoms with van der Waals surface area (Å²) >= 11 is -2.32. The quantitative estimate of drug-likeness (QED) is 0.353. The summed E-state index contributed by atoms with van der Waals surface area (Å²) in [5, 5.41) is 0. The summed E-state index contributed by atoms with van der Waals surface area (Å²) in [6, 6.07) is 7.28. The van der Waals surface area contributed by atoms with Gasteiger partial charge in [-0.2, -0.15) is 0 Å². The lowest BCUT2D eigenvalue weighted by atomic mass is 10.1. The fourth-order valence-electron chi connectivity index (χ4n) is 3.71. The van der Waals surface area contributed by atoms with Crippen molar-refractivity contribution in [2.45, 2.75) is 19.3 Å². The van der Waals surface area contributed by atoms with Crippen LogP contribution in [0.5, 0.6) is 0 Å². The average molecular weight is 363 g/mol. The van der Waals surface area contributed by atoms with Gasteiger partial charge in [-0.05, 0) is 17.7 Å². The van der Waals surface area contributed by atoms with Crippen molar-refractivity contribution in [3.05, 3.63) is 48.0 Å². The van der Waals surface area contributed by atoms with Crippen LogP contribution in [0.2, 0.25) is 0 Å². The molecule has 8 nitrogen and oxygen atoms in total. The molecule has 0 spiro atoms. The number of anilines is 1. The minimum Gasteiger partial charge on any atom is -0.755 e. The molecule has 1 N–H and O–H groups in total. The molecule has 9 heteroatoms. The first kappa shape index (κ1) is 16.2. The van der Waals surface area contributed by atoms with Crippen LogP contribution in [0, 0.1) is 0 Å². The molecule has 25 heavy (non-hydrogen) atoms. The maximum absolute atomic E-state index is 11.9. The second-order valence-corrected chi connectivity index (χ2v) is 7.26. The van der Waals surface area contributed by atoms with Crippen molar-refractivity contribution in [2.24, 2.45) is 7.05 Å². The zero-order chi connectivity index (χ0) is 17.6. The lowest BCUT2D eigenvalue weighted by Crippen LogP contribution is -2.47. The number of fused-ring (bicyclic) bond motifs is 3. The summed E-state index contributed by atoms with van der Waals surface area (Å²) in [6.07, 6.45) is 4.43. The van der Waals surface area contributed by atoms with Crippen molar-refractivity contribution in [1.82, 2.24) is 4.57 Å². The zero-order valence-corrected chi connectivity index (χ0v) is 14.6. The van der Waals surface area contributed by atoms with Crippen LogP contribution in [0.3, 0.4) is 0 Å². The van der Waals surface area contributed by atoms with E-state index < -0.39 is 11.3 Å². The molecule has 0 bridgehead atoms. The predicted octanol–water partition coefficient (Wildman–Crippen LogP) is 0.105. The lowest BCUT2D eigenvalue weighted by molar-refractivity contribution is -0.971. The maximum Gasteiger partial charge on any atom is 0.391 e. The minimum absolute atomic E-state index is 0.163. The topological polar surface area (TPSA) is 87.3 Å². The van der Waals surface area contributed by atoms with E-state index in [9.17, 15) is 13.6 Å². The molecule has 132 valence electrons. The number of quaternary nitrogens is 1. The van der Waals surface area contributed by atoms with Crippen molar-refractivity contribution in [2.75, 3.05) is 17.8 Å². The number of benzene rings is 1. The zero-order valence-electron chi connectivity index (χ0n) is 13.8. The van der Waals surface area contributed by atoms with Crippen LogP contribution in [0.15, 0.2) is 36.7 Å². The third-order valence-electron chi connectivity index (χ3n) is 5.00. The second-order valence-electron chi connectivity index (χ2n) is 6.59. The number of esters is 1. The van der Waals surface area contributed by atoms with Crippen LogP contribution in [-0.4, -0.2) is 36.9 Å². The maximum atomic E-state index is 11.9. The molecule has 1 saturated heterocycles. The van der Waals surface area contributed by atoms with E-state index in [0.29, 0.717) is 16.7 Å². The monoisotopic (exact) mass is 363 g/mol. The highest BCUT2D eigenvalue weighted by atomic mass is 32.2. The summed E-state index contributed by atoms with van der Waals surface area (Å²) in [5.41, 5.74) is 1.62. The molecule has 1 aromatic carbocycles. The Labute approximate surface area is 147 Å². The van der Waals surface area contributed by atoms with Crippen LogP contribution >= 0.6 is 0 Å². The van der Waals surface area contributed by atoms with Gasteiger partial charge in [0.25, 0.3) is 0 Å². The van der Waals surface area contributed by atoms with Gasteiger partial charge in [0.05, 0.1) is 13.6 Å². The van der Waals surface area contributed by atoms with Crippen LogP contribution in [0.25, 0.3) is 0 Å². The number of hydrogen-bond donors (Lipinski definition) is 1. The van der Waals surface area contributed by atoms with E-state index in [1.807, 2.05) is 36.1 Å². The van der Waals surface area contributed by atoms with Gasteiger partial charge in [-0.3, -0.25) is 4.21 Å². The van der Waals surface area contributed by atoms with Crippen LogP contribution in [0.4, 0.5) is 5.69 Å². The van der Waals surface area contributed by atoms with Gasteiger partial charge in [-0.15, -0.1) is 4.57 Å².